The van der Waals surface area contributed by atoms with Crippen molar-refractivity contribution in [2.75, 3.05) is 25.5 Å². The van der Waals surface area contributed by atoms with Gasteiger partial charge in [-0.15, -0.1) is 0 Å². The minimum Gasteiger partial charge on any atom is -0.497 e. The number of amides is 1. The Labute approximate surface area is 278 Å². The number of nitrogens with one attached hydrogen (secondary N) is 2. The van der Waals surface area contributed by atoms with Gasteiger partial charge in [0.1, 0.15) is 17.4 Å². The molecular weight excluding hydrogens is 646 g/mol. The standard InChI is InChI=1S/C35H37ClF2N4O4S/c1-22-20-40-21-27(42(22)47(44,45)29-15-13-28(46-2)14-16-29)12-17-30-31(38)10-5-11-32(30)41-35(43)34(39)33(23-6-3-8-25(36)18-23)24-7-4-9-26(37)19-24/h3-11,13-16,18-19,22,27,33-34,40H,12,17,20-21,39H2,1-2H3,(H,41,43)/t22-,27-,33-,34-/m0/s1. The van der Waals surface area contributed by atoms with Crippen molar-refractivity contribution in [3.05, 3.63) is 124 Å². The zero-order chi connectivity index (χ0) is 33.7. The van der Waals surface area contributed by atoms with Gasteiger partial charge in [-0.05, 0) is 91.6 Å². The van der Waals surface area contributed by atoms with Crippen LogP contribution in [0.25, 0.3) is 0 Å². The van der Waals surface area contributed by atoms with Gasteiger partial charge in [0.2, 0.25) is 15.9 Å². The molecule has 1 fully saturated rings. The Hall–Kier alpha value is -3.87. The van der Waals surface area contributed by atoms with Crippen molar-refractivity contribution in [3.8, 4) is 5.75 Å². The number of carbonyl (C=O) groups excluding carboxylic acids is 1. The molecule has 0 aromatic heterocycles. The van der Waals surface area contributed by atoms with E-state index in [1.54, 1.807) is 48.5 Å². The Bertz CT molecular complexity index is 1780. The molecule has 1 amide bonds. The van der Waals surface area contributed by atoms with Crippen LogP contribution in [0.3, 0.4) is 0 Å². The van der Waals surface area contributed by atoms with Crippen molar-refractivity contribution in [2.24, 2.45) is 5.73 Å². The summed E-state index contributed by atoms with van der Waals surface area (Å²) in [7, 11) is -2.38. The number of benzene rings is 4. The maximum Gasteiger partial charge on any atom is 0.243 e. The van der Waals surface area contributed by atoms with E-state index in [0.717, 1.165) is 0 Å². The first-order valence-corrected chi connectivity index (χ1v) is 17.0. The summed E-state index contributed by atoms with van der Waals surface area (Å²) >= 11 is 6.25. The lowest BCUT2D eigenvalue weighted by Crippen LogP contribution is -2.58. The predicted molar refractivity (Wildman–Crippen MR) is 179 cm³/mol. The molecular formula is C35H37ClF2N4O4S. The van der Waals surface area contributed by atoms with Crippen molar-refractivity contribution in [3.63, 3.8) is 0 Å². The van der Waals surface area contributed by atoms with Crippen LogP contribution in [-0.2, 0) is 21.2 Å². The second-order valence-corrected chi connectivity index (χ2v) is 13.9. The van der Waals surface area contributed by atoms with Gasteiger partial charge in [0.05, 0.1) is 18.0 Å². The number of rotatable bonds is 11. The lowest BCUT2D eigenvalue weighted by atomic mass is 9.85. The molecule has 5 rings (SSSR count). The maximum absolute atomic E-state index is 15.4. The Balaban J connectivity index is 1.38. The summed E-state index contributed by atoms with van der Waals surface area (Å²) in [6.07, 6.45) is 0.407. The second kappa shape index (κ2) is 14.9. The zero-order valence-corrected chi connectivity index (χ0v) is 27.6. The SMILES string of the molecule is COc1ccc(S(=O)(=O)N2[C@@H](CCc3c(F)cccc3NC(=O)[C@@H](N)[C@H](c3cccc(F)c3)c3cccc(Cl)c3)CNC[C@@H]2C)cc1. The molecule has 4 atom stereocenters. The number of halogens is 3. The van der Waals surface area contributed by atoms with Crippen LogP contribution in [0.15, 0.2) is 95.9 Å². The maximum atomic E-state index is 15.4. The Morgan fingerprint density at radius 1 is 1.02 bits per heavy atom. The number of nitrogens with zero attached hydrogens (tertiary/aromatic N) is 1. The molecule has 1 heterocycles. The molecule has 0 aliphatic carbocycles. The third kappa shape index (κ3) is 7.82. The molecule has 4 N–H and O–H groups in total. The smallest absolute Gasteiger partial charge is 0.243 e. The fourth-order valence-electron chi connectivity index (χ4n) is 6.15. The molecule has 4 aromatic carbocycles. The molecule has 1 aliphatic heterocycles. The summed E-state index contributed by atoms with van der Waals surface area (Å²) < 4.78 is 63.9. The lowest BCUT2D eigenvalue weighted by molar-refractivity contribution is -0.117. The number of hydrogen-bond acceptors (Lipinski definition) is 6. The van der Waals surface area contributed by atoms with Gasteiger partial charge in [0.15, 0.2) is 0 Å². The first kappa shape index (κ1) is 34.5. The van der Waals surface area contributed by atoms with E-state index in [4.69, 9.17) is 22.1 Å². The third-order valence-corrected chi connectivity index (χ3v) is 10.7. The molecule has 1 saturated heterocycles. The summed E-state index contributed by atoms with van der Waals surface area (Å²) in [5, 5.41) is 6.49. The summed E-state index contributed by atoms with van der Waals surface area (Å²) in [6.45, 7) is 2.66. The van der Waals surface area contributed by atoms with Gasteiger partial charge in [0, 0.05) is 47.4 Å². The van der Waals surface area contributed by atoms with Crippen molar-refractivity contribution in [1.82, 2.24) is 9.62 Å². The van der Waals surface area contributed by atoms with Crippen LogP contribution in [0.1, 0.15) is 36.0 Å². The predicted octanol–water partition coefficient (Wildman–Crippen LogP) is 5.71. The van der Waals surface area contributed by atoms with E-state index in [-0.39, 0.29) is 35.0 Å². The molecule has 0 bridgehead atoms. The molecule has 12 heteroatoms. The van der Waals surface area contributed by atoms with Crippen LogP contribution < -0.4 is 21.1 Å². The van der Waals surface area contributed by atoms with Crippen molar-refractivity contribution >= 4 is 33.2 Å². The molecule has 0 spiro atoms. The van der Waals surface area contributed by atoms with Gasteiger partial charge in [-0.1, -0.05) is 41.9 Å². The zero-order valence-electron chi connectivity index (χ0n) is 26.0. The van der Waals surface area contributed by atoms with Crippen LogP contribution in [0.4, 0.5) is 14.5 Å². The number of sulfonamides is 1. The molecule has 0 radical (unpaired) electrons. The summed E-state index contributed by atoms with van der Waals surface area (Å²) in [5.74, 6) is -1.85. The van der Waals surface area contributed by atoms with E-state index in [0.29, 0.717) is 35.0 Å². The van der Waals surface area contributed by atoms with Crippen molar-refractivity contribution in [1.29, 1.82) is 0 Å². The number of methoxy groups -OCH3 is 1. The second-order valence-electron chi connectivity index (χ2n) is 11.6. The first-order valence-electron chi connectivity index (χ1n) is 15.2. The first-order chi connectivity index (χ1) is 22.5. The van der Waals surface area contributed by atoms with Crippen LogP contribution in [0.5, 0.6) is 5.75 Å². The topological polar surface area (TPSA) is 114 Å². The van der Waals surface area contributed by atoms with Crippen LogP contribution in [0.2, 0.25) is 5.02 Å². The van der Waals surface area contributed by atoms with E-state index in [1.165, 1.54) is 53.9 Å². The molecule has 8 nitrogen and oxygen atoms in total. The lowest BCUT2D eigenvalue weighted by Gasteiger charge is -2.40. The summed E-state index contributed by atoms with van der Waals surface area (Å²) in [6, 6.07) is 21.2. The number of ether oxygens (including phenoxy) is 1. The number of hydrogen-bond donors (Lipinski definition) is 3. The van der Waals surface area contributed by atoms with Crippen molar-refractivity contribution in [2.45, 2.75) is 48.7 Å². The highest BCUT2D eigenvalue weighted by atomic mass is 35.5. The van der Waals surface area contributed by atoms with Gasteiger partial charge in [-0.2, -0.15) is 4.31 Å². The number of carbonyl (C=O) groups is 1. The number of nitrogens with two attached hydrogens (primary N) is 1. The molecule has 0 saturated carbocycles. The minimum absolute atomic E-state index is 0.132. The molecule has 4 aromatic rings. The number of piperazine rings is 1. The van der Waals surface area contributed by atoms with E-state index >= 15 is 4.39 Å². The fourth-order valence-corrected chi connectivity index (χ4v) is 8.19. The Kier molecular flexibility index (Phi) is 10.9. The van der Waals surface area contributed by atoms with E-state index < -0.39 is 45.6 Å². The third-order valence-electron chi connectivity index (χ3n) is 8.43. The van der Waals surface area contributed by atoms with Gasteiger partial charge in [0.25, 0.3) is 0 Å². The fraction of sp³-hybridized carbons (Fsp3) is 0.286. The molecule has 0 unspecified atom stereocenters. The normalized spacial score (nSPS) is 18.3. The van der Waals surface area contributed by atoms with Gasteiger partial charge >= 0.3 is 0 Å². The van der Waals surface area contributed by atoms with E-state index in [9.17, 15) is 17.6 Å². The monoisotopic (exact) mass is 682 g/mol. The highest BCUT2D eigenvalue weighted by molar-refractivity contribution is 7.89. The van der Waals surface area contributed by atoms with E-state index in [2.05, 4.69) is 10.6 Å². The summed E-state index contributed by atoms with van der Waals surface area (Å²) in [5.41, 5.74) is 8.08. The Morgan fingerprint density at radius 2 is 1.70 bits per heavy atom. The van der Waals surface area contributed by atoms with Crippen LogP contribution >= 0.6 is 11.6 Å². The highest BCUT2D eigenvalue weighted by Crippen LogP contribution is 2.32. The highest BCUT2D eigenvalue weighted by Gasteiger charge is 2.38. The number of anilines is 1. The van der Waals surface area contributed by atoms with Crippen LogP contribution in [0, 0.1) is 11.6 Å². The average Bonchev–Trinajstić information content (AvgIpc) is 3.04. The molecule has 1 aliphatic rings. The largest absolute Gasteiger partial charge is 0.497 e. The average molecular weight is 683 g/mol. The Morgan fingerprint density at radius 3 is 2.38 bits per heavy atom. The van der Waals surface area contributed by atoms with Crippen molar-refractivity contribution < 1.29 is 26.7 Å². The summed E-state index contributed by atoms with van der Waals surface area (Å²) in [4.78, 5) is 13.8. The molecule has 248 valence electrons. The van der Waals surface area contributed by atoms with Gasteiger partial charge < -0.3 is 21.1 Å². The quantitative estimate of drug-likeness (QED) is 0.187. The van der Waals surface area contributed by atoms with Gasteiger partial charge in [-0.25, -0.2) is 17.2 Å². The van der Waals surface area contributed by atoms with Gasteiger partial charge in [-0.3, -0.25) is 4.79 Å². The minimum atomic E-state index is -3.89. The molecule has 47 heavy (non-hydrogen) atoms. The van der Waals surface area contributed by atoms with Crippen LogP contribution in [-0.4, -0.2) is 57.0 Å². The van der Waals surface area contributed by atoms with E-state index in [1.807, 2.05) is 6.92 Å².